The molecule has 0 aliphatic rings. The summed E-state index contributed by atoms with van der Waals surface area (Å²) >= 11 is 2.01. The van der Waals surface area contributed by atoms with Gasteiger partial charge in [0, 0.05) is 0 Å². The van der Waals surface area contributed by atoms with Crippen molar-refractivity contribution in [2.24, 2.45) is 5.10 Å². The van der Waals surface area contributed by atoms with E-state index in [2.05, 4.69) is 10.5 Å². The molecule has 0 aliphatic carbocycles. The number of rotatable bonds is 8. The van der Waals surface area contributed by atoms with E-state index in [0.29, 0.717) is 33.0 Å². The molecule has 0 radical (unpaired) electrons. The normalized spacial score (nSPS) is 10.7. The lowest BCUT2D eigenvalue weighted by Crippen LogP contribution is -2.19. The topological polar surface area (TPSA) is 89.4 Å². The molecule has 8 heteroatoms. The van der Waals surface area contributed by atoms with E-state index in [1.54, 1.807) is 44.6 Å². The average Bonchev–Trinajstić information content (AvgIpc) is 2.65. The lowest BCUT2D eigenvalue weighted by atomic mass is 10.1. The van der Waals surface area contributed by atoms with E-state index in [0.717, 1.165) is 5.56 Å². The van der Waals surface area contributed by atoms with Crippen LogP contribution in [0.15, 0.2) is 35.4 Å². The minimum Gasteiger partial charge on any atom is -0.504 e. The van der Waals surface area contributed by atoms with Crippen LogP contribution in [0.3, 0.4) is 0 Å². The number of phenols is 1. The molecule has 0 heterocycles. The second-order valence-corrected chi connectivity index (χ2v) is 6.60. The van der Waals surface area contributed by atoms with Crippen molar-refractivity contribution in [1.29, 1.82) is 0 Å². The number of hydrazone groups is 1. The van der Waals surface area contributed by atoms with E-state index in [9.17, 15) is 9.90 Å². The number of hydrogen-bond acceptors (Lipinski definition) is 6. The molecule has 0 aliphatic heterocycles. The summed E-state index contributed by atoms with van der Waals surface area (Å²) in [6.45, 7) is 2.27. The molecule has 0 unspecified atom stereocenters. The quantitative estimate of drug-likeness (QED) is 0.342. The van der Waals surface area contributed by atoms with Crippen LogP contribution in [0.2, 0.25) is 0 Å². The lowest BCUT2D eigenvalue weighted by Gasteiger charge is -2.09. The number of nitrogens with one attached hydrogen (secondary N) is 1. The van der Waals surface area contributed by atoms with Gasteiger partial charge in [0.2, 0.25) is 5.91 Å². The fourth-order valence-electron chi connectivity index (χ4n) is 2.33. The second kappa shape index (κ2) is 10.0. The number of phenolic OH excluding ortho intramolecular Hbond substituents is 1. The number of ether oxygens (including phenoxy) is 3. The van der Waals surface area contributed by atoms with Crippen LogP contribution in [0.25, 0.3) is 0 Å². The molecule has 0 saturated heterocycles. The number of halogens is 1. The van der Waals surface area contributed by atoms with Crippen molar-refractivity contribution in [3.8, 4) is 23.0 Å². The van der Waals surface area contributed by atoms with Crippen molar-refractivity contribution in [2.75, 3.05) is 20.8 Å². The van der Waals surface area contributed by atoms with Gasteiger partial charge in [-0.1, -0.05) is 6.07 Å². The molecule has 2 rings (SSSR count). The van der Waals surface area contributed by atoms with E-state index in [-0.39, 0.29) is 18.1 Å². The van der Waals surface area contributed by atoms with Gasteiger partial charge in [-0.15, -0.1) is 0 Å². The molecule has 1 amide bonds. The van der Waals surface area contributed by atoms with Crippen LogP contribution in [0, 0.1) is 3.57 Å². The van der Waals surface area contributed by atoms with Crippen LogP contribution in [0.5, 0.6) is 23.0 Å². The summed E-state index contributed by atoms with van der Waals surface area (Å²) < 4.78 is 16.4. The Labute approximate surface area is 171 Å². The first kappa shape index (κ1) is 20.8. The Hall–Kier alpha value is -2.49. The van der Waals surface area contributed by atoms with Crippen LogP contribution < -0.4 is 19.6 Å². The molecule has 2 aromatic carbocycles. The first-order chi connectivity index (χ1) is 13.0. The standard InChI is InChI=1S/C19H21IN2O5/c1-4-27-17-9-13(7-14(20)19(17)24)11-21-22-18(23)10-12-5-6-15(25-2)16(8-12)26-3/h5-9,11,24H,4,10H2,1-3H3,(H,22,23). The molecular weight excluding hydrogens is 463 g/mol. The summed E-state index contributed by atoms with van der Waals surface area (Å²) in [5, 5.41) is 13.9. The highest BCUT2D eigenvalue weighted by Gasteiger charge is 2.09. The number of amides is 1. The van der Waals surface area contributed by atoms with Crippen molar-refractivity contribution in [1.82, 2.24) is 5.43 Å². The number of carbonyl (C=O) groups excluding carboxylic acids is 1. The second-order valence-electron chi connectivity index (χ2n) is 5.44. The van der Waals surface area contributed by atoms with E-state index >= 15 is 0 Å². The monoisotopic (exact) mass is 484 g/mol. The molecule has 2 aromatic rings. The number of aromatic hydroxyl groups is 1. The predicted octanol–water partition coefficient (Wildman–Crippen LogP) is 3.11. The number of carbonyl (C=O) groups is 1. The Balaban J connectivity index is 2.01. The van der Waals surface area contributed by atoms with Gasteiger partial charge in [0.05, 0.1) is 37.0 Å². The first-order valence-electron chi connectivity index (χ1n) is 8.16. The Kier molecular flexibility index (Phi) is 7.71. The zero-order chi connectivity index (χ0) is 19.8. The highest BCUT2D eigenvalue weighted by atomic mass is 127. The molecule has 2 N–H and O–H groups in total. The molecular formula is C19H21IN2O5. The average molecular weight is 484 g/mol. The molecule has 0 aromatic heterocycles. The first-order valence-corrected chi connectivity index (χ1v) is 9.24. The van der Waals surface area contributed by atoms with E-state index in [4.69, 9.17) is 14.2 Å². The maximum Gasteiger partial charge on any atom is 0.244 e. The highest BCUT2D eigenvalue weighted by molar-refractivity contribution is 14.1. The Morgan fingerprint density at radius 1 is 1.19 bits per heavy atom. The molecule has 0 saturated carbocycles. The smallest absolute Gasteiger partial charge is 0.244 e. The van der Waals surface area contributed by atoms with Gasteiger partial charge >= 0.3 is 0 Å². The van der Waals surface area contributed by atoms with Crippen LogP contribution in [-0.4, -0.2) is 38.1 Å². The molecule has 144 valence electrons. The zero-order valence-corrected chi connectivity index (χ0v) is 17.4. The number of nitrogens with zero attached hydrogens (tertiary/aromatic N) is 1. The van der Waals surface area contributed by atoms with E-state index < -0.39 is 0 Å². The van der Waals surface area contributed by atoms with Crippen LogP contribution in [-0.2, 0) is 11.2 Å². The van der Waals surface area contributed by atoms with Gasteiger partial charge in [-0.2, -0.15) is 5.10 Å². The van der Waals surface area contributed by atoms with E-state index in [1.165, 1.54) is 6.21 Å². The molecule has 7 nitrogen and oxygen atoms in total. The van der Waals surface area contributed by atoms with Gasteiger partial charge in [0.25, 0.3) is 0 Å². The fourth-order valence-corrected chi connectivity index (χ4v) is 2.95. The maximum absolute atomic E-state index is 12.1. The molecule has 0 spiro atoms. The largest absolute Gasteiger partial charge is 0.504 e. The minimum absolute atomic E-state index is 0.0899. The third-order valence-corrected chi connectivity index (χ3v) is 4.39. The zero-order valence-electron chi connectivity index (χ0n) is 15.3. The van der Waals surface area contributed by atoms with E-state index in [1.807, 2.05) is 29.5 Å². The van der Waals surface area contributed by atoms with Gasteiger partial charge in [0.1, 0.15) is 0 Å². The minimum atomic E-state index is -0.267. The summed E-state index contributed by atoms with van der Waals surface area (Å²) in [5.74, 6) is 1.37. The molecule has 0 atom stereocenters. The van der Waals surface area contributed by atoms with Gasteiger partial charge < -0.3 is 19.3 Å². The molecule has 27 heavy (non-hydrogen) atoms. The Morgan fingerprint density at radius 2 is 1.93 bits per heavy atom. The number of methoxy groups -OCH3 is 2. The summed E-state index contributed by atoms with van der Waals surface area (Å²) in [7, 11) is 3.10. The van der Waals surface area contributed by atoms with Crippen LogP contribution in [0.1, 0.15) is 18.1 Å². The van der Waals surface area contributed by atoms with Gasteiger partial charge in [-0.3, -0.25) is 4.79 Å². The Bertz CT molecular complexity index is 839. The van der Waals surface area contributed by atoms with Crippen molar-refractivity contribution >= 4 is 34.7 Å². The van der Waals surface area contributed by atoms with Crippen molar-refractivity contribution in [3.63, 3.8) is 0 Å². The van der Waals surface area contributed by atoms with Crippen LogP contribution in [0.4, 0.5) is 0 Å². The van der Waals surface area contributed by atoms with Crippen molar-refractivity contribution in [2.45, 2.75) is 13.3 Å². The third-order valence-electron chi connectivity index (χ3n) is 3.57. The van der Waals surface area contributed by atoms with Crippen molar-refractivity contribution < 1.29 is 24.1 Å². The molecule has 0 bridgehead atoms. The van der Waals surface area contributed by atoms with Gasteiger partial charge in [0.15, 0.2) is 23.0 Å². The summed E-state index contributed by atoms with van der Waals surface area (Å²) in [4.78, 5) is 12.1. The summed E-state index contributed by atoms with van der Waals surface area (Å²) in [6.07, 6.45) is 1.64. The fraction of sp³-hybridized carbons (Fsp3) is 0.263. The van der Waals surface area contributed by atoms with Crippen LogP contribution >= 0.6 is 22.6 Å². The molecule has 0 fully saturated rings. The number of benzene rings is 2. The summed E-state index contributed by atoms with van der Waals surface area (Å²) in [5.41, 5.74) is 3.96. The number of hydrogen-bond donors (Lipinski definition) is 2. The Morgan fingerprint density at radius 3 is 2.59 bits per heavy atom. The predicted molar refractivity (Wildman–Crippen MR) is 111 cm³/mol. The lowest BCUT2D eigenvalue weighted by molar-refractivity contribution is -0.120. The van der Waals surface area contributed by atoms with Gasteiger partial charge in [-0.05, 0) is 64.9 Å². The van der Waals surface area contributed by atoms with Gasteiger partial charge in [-0.25, -0.2) is 5.43 Å². The highest BCUT2D eigenvalue weighted by Crippen LogP contribution is 2.32. The van der Waals surface area contributed by atoms with Crippen molar-refractivity contribution in [3.05, 3.63) is 45.0 Å². The summed E-state index contributed by atoms with van der Waals surface area (Å²) in [6, 6.07) is 8.69. The third kappa shape index (κ3) is 5.75. The maximum atomic E-state index is 12.1. The SMILES string of the molecule is CCOc1cc(C=NNC(=O)Cc2ccc(OC)c(OC)c2)cc(I)c1O.